The Hall–Kier alpha value is -1.58. The van der Waals surface area contributed by atoms with Gasteiger partial charge in [0.1, 0.15) is 0 Å². The van der Waals surface area contributed by atoms with E-state index < -0.39 is 0 Å². The molecule has 1 heterocycles. The number of benzene rings is 2. The highest BCUT2D eigenvalue weighted by Gasteiger charge is 2.60. The van der Waals surface area contributed by atoms with Gasteiger partial charge in [-0.15, -0.1) is 0 Å². The fourth-order valence-corrected chi connectivity index (χ4v) is 12.3. The van der Waals surface area contributed by atoms with E-state index in [4.69, 9.17) is 9.31 Å². The summed E-state index contributed by atoms with van der Waals surface area (Å²) in [4.78, 5) is 0. The summed E-state index contributed by atoms with van der Waals surface area (Å²) < 4.78 is 12.6. The lowest BCUT2D eigenvalue weighted by atomic mass is 9.43. The van der Waals surface area contributed by atoms with Gasteiger partial charge in [0.2, 0.25) is 0 Å². The Bertz CT molecular complexity index is 1390. The lowest BCUT2D eigenvalue weighted by Gasteiger charge is -2.61. The molecule has 2 aromatic rings. The zero-order valence-corrected chi connectivity index (χ0v) is 32.1. The first-order valence-corrected chi connectivity index (χ1v) is 20.3. The quantitative estimate of drug-likeness (QED) is 0.265. The summed E-state index contributed by atoms with van der Waals surface area (Å²) in [6, 6.07) is 18.4. The minimum atomic E-state index is -0.315. The lowest BCUT2D eigenvalue weighted by molar-refractivity contribution is -0.117. The highest BCUT2D eigenvalue weighted by atomic mass is 16.7. The average Bonchev–Trinajstić information content (AvgIpc) is 3.51. The molecular weight excluding hydrogens is 583 g/mol. The summed E-state index contributed by atoms with van der Waals surface area (Å²) >= 11 is 0. The Morgan fingerprint density at radius 2 is 1.27 bits per heavy atom. The van der Waals surface area contributed by atoms with Gasteiger partial charge in [0.05, 0.1) is 11.2 Å². The summed E-state index contributed by atoms with van der Waals surface area (Å²) in [5.74, 6) is 7.29. The Morgan fingerprint density at radius 3 is 1.92 bits per heavy atom. The van der Waals surface area contributed by atoms with Crippen molar-refractivity contribution < 1.29 is 9.31 Å². The summed E-state index contributed by atoms with van der Waals surface area (Å²) in [6.07, 6.45) is 17.5. The topological polar surface area (TPSA) is 18.5 Å². The highest BCUT2D eigenvalue weighted by molar-refractivity contribution is 6.62. The Kier molecular flexibility index (Phi) is 9.35. The van der Waals surface area contributed by atoms with E-state index in [2.05, 4.69) is 111 Å². The second-order valence-electron chi connectivity index (χ2n) is 19.5. The van der Waals surface area contributed by atoms with Gasteiger partial charge < -0.3 is 9.31 Å². The maximum atomic E-state index is 6.28. The third kappa shape index (κ3) is 6.08. The van der Waals surface area contributed by atoms with Crippen molar-refractivity contribution in [3.63, 3.8) is 0 Å². The van der Waals surface area contributed by atoms with Gasteiger partial charge in [-0.3, -0.25) is 0 Å². The smallest absolute Gasteiger partial charge is 0.399 e. The molecule has 2 aromatic carbocycles. The van der Waals surface area contributed by atoms with E-state index in [1.807, 2.05) is 0 Å². The first-order chi connectivity index (χ1) is 22.7. The molecule has 5 aliphatic rings. The fraction of sp³-hybridized carbons (Fsp3) is 0.733. The van der Waals surface area contributed by atoms with Gasteiger partial charge >= 0.3 is 7.12 Å². The van der Waals surface area contributed by atoms with Crippen molar-refractivity contribution >= 4 is 12.6 Å². The van der Waals surface area contributed by atoms with Crippen LogP contribution in [0.25, 0.3) is 11.1 Å². The molecule has 9 atom stereocenters. The van der Waals surface area contributed by atoms with Crippen molar-refractivity contribution in [2.75, 3.05) is 0 Å². The molecule has 7 rings (SSSR count). The van der Waals surface area contributed by atoms with Crippen LogP contribution in [0.2, 0.25) is 0 Å². The minimum Gasteiger partial charge on any atom is -0.399 e. The van der Waals surface area contributed by atoms with Crippen LogP contribution in [0, 0.1) is 52.3 Å². The molecule has 0 aromatic heterocycles. The Morgan fingerprint density at radius 1 is 0.667 bits per heavy atom. The van der Waals surface area contributed by atoms with Crippen molar-refractivity contribution in [3.8, 4) is 11.1 Å². The maximum Gasteiger partial charge on any atom is 0.494 e. The van der Waals surface area contributed by atoms with Crippen LogP contribution in [0.3, 0.4) is 0 Å². The Labute approximate surface area is 295 Å². The molecule has 1 aliphatic heterocycles. The summed E-state index contributed by atoms with van der Waals surface area (Å²) in [6.45, 7) is 21.4. The van der Waals surface area contributed by atoms with Crippen molar-refractivity contribution in [1.29, 1.82) is 0 Å². The van der Waals surface area contributed by atoms with Gasteiger partial charge in [-0.2, -0.15) is 0 Å². The van der Waals surface area contributed by atoms with Gasteiger partial charge in [0, 0.05) is 0 Å². The number of fused-ring (bicyclic) bond motifs is 5. The van der Waals surface area contributed by atoms with E-state index in [1.54, 1.807) is 5.56 Å². The van der Waals surface area contributed by atoms with Crippen molar-refractivity contribution in [2.24, 2.45) is 52.3 Å². The maximum absolute atomic E-state index is 6.28. The SMILES string of the molecule is CC(C)CCC[C@@H](C)[C@H]1CC[C@H]2[C@@H]3CC[C@H]4CC(c5ccc(-c6ccc(B7OC(C)(C)C(C)(C)O7)cc6)cc5)CC[C@]4(C)[C@H]3CC[C@]12C. The summed E-state index contributed by atoms with van der Waals surface area (Å²) in [5, 5.41) is 0. The molecule has 5 fully saturated rings. The molecule has 4 saturated carbocycles. The predicted octanol–water partition coefficient (Wildman–Crippen LogP) is 11.9. The average molecular weight is 651 g/mol. The summed E-state index contributed by atoms with van der Waals surface area (Å²) in [5.41, 5.74) is 5.76. The van der Waals surface area contributed by atoms with Gasteiger partial charge in [0.25, 0.3) is 0 Å². The first-order valence-electron chi connectivity index (χ1n) is 20.3. The predicted molar refractivity (Wildman–Crippen MR) is 203 cm³/mol. The molecule has 1 unspecified atom stereocenters. The zero-order valence-electron chi connectivity index (χ0n) is 32.1. The molecule has 1 saturated heterocycles. The fourth-order valence-electron chi connectivity index (χ4n) is 12.3. The van der Waals surface area contributed by atoms with E-state index in [0.29, 0.717) is 10.8 Å². The molecular formula is C45H67BO2. The van der Waals surface area contributed by atoms with Crippen molar-refractivity contribution in [1.82, 2.24) is 0 Å². The normalized spacial score (nSPS) is 37.6. The van der Waals surface area contributed by atoms with E-state index in [9.17, 15) is 0 Å². The first kappa shape index (κ1) is 34.9. The molecule has 0 N–H and O–H groups in total. The van der Waals surface area contributed by atoms with Crippen LogP contribution < -0.4 is 5.46 Å². The van der Waals surface area contributed by atoms with Gasteiger partial charge in [0.15, 0.2) is 0 Å². The second kappa shape index (κ2) is 12.9. The van der Waals surface area contributed by atoms with E-state index in [0.717, 1.165) is 52.8 Å². The molecule has 3 heteroatoms. The van der Waals surface area contributed by atoms with E-state index in [1.165, 1.54) is 88.2 Å². The third-order valence-corrected chi connectivity index (χ3v) is 16.0. The van der Waals surface area contributed by atoms with Crippen LogP contribution in [0.1, 0.15) is 151 Å². The summed E-state index contributed by atoms with van der Waals surface area (Å²) in [7, 11) is -0.306. The van der Waals surface area contributed by atoms with Crippen LogP contribution in [0.15, 0.2) is 48.5 Å². The molecule has 48 heavy (non-hydrogen) atoms. The number of hydrogen-bond acceptors (Lipinski definition) is 2. The van der Waals surface area contributed by atoms with E-state index in [-0.39, 0.29) is 18.3 Å². The van der Waals surface area contributed by atoms with Gasteiger partial charge in [-0.05, 0) is 166 Å². The van der Waals surface area contributed by atoms with Crippen LogP contribution >= 0.6 is 0 Å². The molecule has 0 amide bonds. The molecule has 0 spiro atoms. The third-order valence-electron chi connectivity index (χ3n) is 16.0. The van der Waals surface area contributed by atoms with Gasteiger partial charge in [-0.1, -0.05) is 102 Å². The Balaban J connectivity index is 0.975. The van der Waals surface area contributed by atoms with Crippen LogP contribution in [-0.4, -0.2) is 18.3 Å². The van der Waals surface area contributed by atoms with Crippen LogP contribution in [0.4, 0.5) is 0 Å². The van der Waals surface area contributed by atoms with Crippen molar-refractivity contribution in [3.05, 3.63) is 54.1 Å². The van der Waals surface area contributed by atoms with Crippen molar-refractivity contribution in [2.45, 2.75) is 156 Å². The minimum absolute atomic E-state index is 0.306. The standard InChI is InChI=1S/C45H67BO2/c1-30(2)11-10-12-31(3)39-23-24-40-38-22-19-36-29-35(25-27-44(36,8)41(38)26-28-45(39,40)9)34-15-13-32(14-16-34)33-17-20-37(21-18-33)46-47-42(4,5)43(6,7)48-46/h13-18,20-21,30-31,35-36,38-41H,10-12,19,22-29H2,1-9H3/t31-,35?,36+,38+,39-,40+,41+,44+,45-/m1/s1. The number of rotatable bonds is 8. The van der Waals surface area contributed by atoms with Gasteiger partial charge in [-0.25, -0.2) is 0 Å². The molecule has 2 nitrogen and oxygen atoms in total. The highest BCUT2D eigenvalue weighted by Crippen LogP contribution is 2.69. The van der Waals surface area contributed by atoms with E-state index >= 15 is 0 Å². The molecule has 0 radical (unpaired) electrons. The molecule has 0 bridgehead atoms. The zero-order chi connectivity index (χ0) is 34.1. The molecule has 262 valence electrons. The number of hydrogen-bond donors (Lipinski definition) is 0. The lowest BCUT2D eigenvalue weighted by Crippen LogP contribution is -2.53. The largest absolute Gasteiger partial charge is 0.494 e. The van der Waals surface area contributed by atoms with Crippen LogP contribution in [0.5, 0.6) is 0 Å². The molecule has 4 aliphatic carbocycles. The monoisotopic (exact) mass is 651 g/mol. The second-order valence-corrected chi connectivity index (χ2v) is 19.5. The van der Waals surface area contributed by atoms with Crippen LogP contribution in [-0.2, 0) is 9.31 Å².